The lowest BCUT2D eigenvalue weighted by Crippen LogP contribution is -2.63. The Kier molecular flexibility index (Phi) is 6.88. The van der Waals surface area contributed by atoms with E-state index in [2.05, 4.69) is 13.6 Å². The molecule has 24 heavy (non-hydrogen) atoms. The minimum atomic E-state index is -5.47. The molecule has 144 valence electrons. The van der Waals surface area contributed by atoms with E-state index in [0.29, 0.717) is 0 Å². The van der Waals surface area contributed by atoms with E-state index in [1.807, 2.05) is 0 Å². The van der Waals surface area contributed by atoms with Crippen molar-refractivity contribution in [3.8, 4) is 0 Å². The molecular weight excluding hydrogens is 408 g/mol. The minimum Gasteiger partial charge on any atom is -0.387 e. The van der Waals surface area contributed by atoms with Crippen LogP contribution in [0.5, 0.6) is 0 Å². The summed E-state index contributed by atoms with van der Waals surface area (Å²) in [6, 6.07) is 0. The number of phosphoric acid groups is 3. The molecule has 0 radical (unpaired) electrons. The van der Waals surface area contributed by atoms with E-state index >= 15 is 0 Å². The third-order valence-electron chi connectivity index (χ3n) is 2.75. The van der Waals surface area contributed by atoms with Crippen LogP contribution < -0.4 is 0 Å². The second-order valence-corrected chi connectivity index (χ2v) is 8.18. The molecule has 0 aromatic carbocycles. The maximum absolute atomic E-state index is 14.0. The quantitative estimate of drug-likeness (QED) is 0.206. The zero-order valence-corrected chi connectivity index (χ0v) is 13.9. The normalized spacial score (nSPS) is 35.9. The lowest BCUT2D eigenvalue weighted by Gasteiger charge is -2.43. The molecule has 0 bridgehead atoms. The first-order valence-electron chi connectivity index (χ1n) is 5.74. The molecule has 0 spiro atoms. The van der Waals surface area contributed by atoms with Crippen molar-refractivity contribution in [2.75, 3.05) is 0 Å². The maximum atomic E-state index is 14.0. The van der Waals surface area contributed by atoms with Gasteiger partial charge in [0.2, 0.25) is 0 Å². The van der Waals surface area contributed by atoms with Crippen molar-refractivity contribution in [3.63, 3.8) is 0 Å². The summed E-state index contributed by atoms with van der Waals surface area (Å²) >= 11 is 0. The molecule has 0 amide bonds. The van der Waals surface area contributed by atoms with Crippen LogP contribution in [-0.2, 0) is 27.3 Å². The van der Waals surface area contributed by atoms with Gasteiger partial charge in [0.1, 0.15) is 30.5 Å². The van der Waals surface area contributed by atoms with E-state index in [-0.39, 0.29) is 0 Å². The molecule has 0 heterocycles. The molecule has 8 N–H and O–H groups in total. The van der Waals surface area contributed by atoms with Crippen molar-refractivity contribution in [2.45, 2.75) is 36.7 Å². The average molecular weight is 422 g/mol. The lowest BCUT2D eigenvalue weighted by atomic mass is 9.86. The van der Waals surface area contributed by atoms with E-state index in [9.17, 15) is 28.3 Å². The van der Waals surface area contributed by atoms with Gasteiger partial charge in [-0.05, 0) is 0 Å². The molecule has 6 atom stereocenters. The van der Waals surface area contributed by atoms with Crippen LogP contribution in [0.3, 0.4) is 0 Å². The summed E-state index contributed by atoms with van der Waals surface area (Å²) in [5.41, 5.74) is 0. The van der Waals surface area contributed by atoms with Gasteiger partial charge in [0.25, 0.3) is 0 Å². The summed E-state index contributed by atoms with van der Waals surface area (Å²) in [7, 11) is -16.4. The Hall–Kier alpha value is 0.180. The largest absolute Gasteiger partial charge is 0.470 e. The molecular formula is C6H14FO14P3. The molecule has 1 fully saturated rings. The second kappa shape index (κ2) is 7.43. The first-order valence-corrected chi connectivity index (χ1v) is 10.3. The fourth-order valence-electron chi connectivity index (χ4n) is 1.98. The van der Waals surface area contributed by atoms with E-state index in [4.69, 9.17) is 29.4 Å². The Balaban J connectivity index is 3.23. The van der Waals surface area contributed by atoms with Gasteiger partial charge < -0.3 is 39.6 Å². The van der Waals surface area contributed by atoms with Gasteiger partial charge in [-0.25, -0.2) is 18.1 Å². The molecule has 0 aliphatic heterocycles. The Morgan fingerprint density at radius 3 is 1.25 bits per heavy atom. The molecule has 0 saturated heterocycles. The molecule has 1 aliphatic carbocycles. The molecule has 1 aliphatic rings. The van der Waals surface area contributed by atoms with Crippen LogP contribution in [0.4, 0.5) is 4.39 Å². The van der Waals surface area contributed by atoms with Crippen LogP contribution in [0.2, 0.25) is 0 Å². The zero-order chi connectivity index (χ0) is 19.1. The first-order chi connectivity index (χ1) is 10.5. The highest BCUT2D eigenvalue weighted by atomic mass is 31.2. The Labute approximate surface area is 132 Å². The number of hydrogen-bond acceptors (Lipinski definition) is 8. The highest BCUT2D eigenvalue weighted by Crippen LogP contribution is 2.49. The van der Waals surface area contributed by atoms with Crippen LogP contribution in [0.25, 0.3) is 0 Å². The van der Waals surface area contributed by atoms with Crippen LogP contribution >= 0.6 is 23.5 Å². The van der Waals surface area contributed by atoms with E-state index in [0.717, 1.165) is 0 Å². The smallest absolute Gasteiger partial charge is 0.387 e. The number of halogens is 1. The summed E-state index contributed by atoms with van der Waals surface area (Å²) in [5.74, 6) is 0. The number of alkyl halides is 1. The maximum Gasteiger partial charge on any atom is 0.470 e. The van der Waals surface area contributed by atoms with Gasteiger partial charge >= 0.3 is 23.5 Å². The van der Waals surface area contributed by atoms with Gasteiger partial charge in [0.05, 0.1) is 0 Å². The summed E-state index contributed by atoms with van der Waals surface area (Å²) in [6.45, 7) is 0. The van der Waals surface area contributed by atoms with Crippen molar-refractivity contribution in [1.29, 1.82) is 0 Å². The van der Waals surface area contributed by atoms with E-state index < -0.39 is 60.2 Å². The van der Waals surface area contributed by atoms with Crippen LogP contribution in [0, 0.1) is 0 Å². The SMILES string of the molecule is O=P(O)(O)O[C@@H]1[C@@H](O)[C@H](OP(=O)(O)O)[C@@H](F)[C@H](O)[C@H]1OP(=O)(O)O. The molecule has 0 aromatic rings. The van der Waals surface area contributed by atoms with Crippen molar-refractivity contribution in [1.82, 2.24) is 0 Å². The van der Waals surface area contributed by atoms with Crippen molar-refractivity contribution >= 4 is 23.5 Å². The summed E-state index contributed by atoms with van der Waals surface area (Å²) in [4.78, 5) is 52.1. The van der Waals surface area contributed by atoms with Crippen molar-refractivity contribution in [3.05, 3.63) is 0 Å². The first kappa shape index (κ1) is 22.2. The Bertz CT molecular complexity index is 579. The van der Waals surface area contributed by atoms with Crippen molar-refractivity contribution < 1.29 is 71.2 Å². The van der Waals surface area contributed by atoms with Gasteiger partial charge in [-0.15, -0.1) is 0 Å². The fourth-order valence-corrected chi connectivity index (χ4v) is 3.66. The predicted molar refractivity (Wildman–Crippen MR) is 67.7 cm³/mol. The molecule has 0 aromatic heterocycles. The highest BCUT2D eigenvalue weighted by Gasteiger charge is 2.57. The van der Waals surface area contributed by atoms with Gasteiger partial charge in [0.15, 0.2) is 6.17 Å². The summed E-state index contributed by atoms with van der Waals surface area (Å²) in [6.07, 6.45) is -15.6. The van der Waals surface area contributed by atoms with Gasteiger partial charge in [0, 0.05) is 0 Å². The molecule has 18 heteroatoms. The van der Waals surface area contributed by atoms with Crippen LogP contribution in [0.15, 0.2) is 0 Å². The van der Waals surface area contributed by atoms with Crippen LogP contribution in [-0.4, -0.2) is 76.3 Å². The molecule has 0 unspecified atom stereocenters. The van der Waals surface area contributed by atoms with E-state index in [1.54, 1.807) is 0 Å². The topological polar surface area (TPSA) is 241 Å². The van der Waals surface area contributed by atoms with E-state index in [1.165, 1.54) is 0 Å². The second-order valence-electron chi connectivity index (χ2n) is 4.61. The monoisotopic (exact) mass is 422 g/mol. The average Bonchev–Trinajstić information content (AvgIpc) is 2.32. The predicted octanol–water partition coefficient (Wildman–Crippen LogP) is -2.51. The Morgan fingerprint density at radius 1 is 0.625 bits per heavy atom. The number of phosphoric ester groups is 3. The van der Waals surface area contributed by atoms with Crippen LogP contribution in [0.1, 0.15) is 0 Å². The third kappa shape index (κ3) is 6.48. The third-order valence-corrected chi connectivity index (χ3v) is 4.30. The van der Waals surface area contributed by atoms with Gasteiger partial charge in [-0.3, -0.25) is 13.6 Å². The number of aliphatic hydroxyl groups is 2. The van der Waals surface area contributed by atoms with Gasteiger partial charge in [-0.2, -0.15) is 0 Å². The summed E-state index contributed by atoms with van der Waals surface area (Å²) in [5, 5.41) is 19.4. The lowest BCUT2D eigenvalue weighted by molar-refractivity contribution is -0.195. The molecule has 1 saturated carbocycles. The fraction of sp³-hybridized carbons (Fsp3) is 1.00. The highest BCUT2D eigenvalue weighted by molar-refractivity contribution is 7.46. The van der Waals surface area contributed by atoms with Crippen molar-refractivity contribution in [2.24, 2.45) is 0 Å². The number of hydrogen-bond donors (Lipinski definition) is 8. The number of rotatable bonds is 6. The standard InChI is InChI=1S/C6H14FO14P3/c7-1-2(8)5(20-23(13,14)15)6(21-24(16,17)18)3(9)4(1)19-22(10,11)12/h1-6,8-9H,(H2,10,11,12)(H2,13,14,15)(H2,16,17,18)/t1-,2-,3-,4+,5+,6+/m0/s1. The molecule has 14 nitrogen and oxygen atoms in total. The summed E-state index contributed by atoms with van der Waals surface area (Å²) < 4.78 is 58.3. The minimum absolute atomic E-state index is 2.50. The number of aliphatic hydroxyl groups excluding tert-OH is 2. The Morgan fingerprint density at radius 2 is 0.917 bits per heavy atom. The molecule has 1 rings (SSSR count). The van der Waals surface area contributed by atoms with Gasteiger partial charge in [-0.1, -0.05) is 0 Å². The zero-order valence-electron chi connectivity index (χ0n) is 11.2.